The third-order valence-corrected chi connectivity index (χ3v) is 10.9. The van der Waals surface area contributed by atoms with Gasteiger partial charge in [0.2, 0.25) is 0 Å². The van der Waals surface area contributed by atoms with Gasteiger partial charge in [-0.1, -0.05) is 56.0 Å². The van der Waals surface area contributed by atoms with Crippen molar-refractivity contribution in [2.75, 3.05) is 56.5 Å². The highest BCUT2D eigenvalue weighted by Crippen LogP contribution is 2.38. The number of aromatic nitrogens is 2. The smallest absolute Gasteiger partial charge is 0.418 e. The standard InChI is InChI=1S/C41H46ClF3N6O6/c1-2-3-4-7-20-56-39(54)29-10-11-35(47-25-29)49-16-18-50(19-17-49)38(53)34(23-26-21-31(41(43,44)45)36(46)32(42)22-26)57-40(55)51-14-12-27(13-15-51)30-24-28-8-5-6-9-33(28)48-37(30)52/h5-6,8-11,21-22,24-25,27,34H,2-4,7,12-20,23,46H2,1H3,(H,48,52)/t34-/m1/s1. The molecule has 0 bridgehead atoms. The number of para-hydroxylation sites is 1. The van der Waals surface area contributed by atoms with Gasteiger partial charge in [0.05, 0.1) is 28.4 Å². The van der Waals surface area contributed by atoms with Gasteiger partial charge >= 0.3 is 18.2 Å². The Morgan fingerprint density at radius 3 is 2.39 bits per heavy atom. The van der Waals surface area contributed by atoms with Crippen LogP contribution in [0.4, 0.5) is 29.5 Å². The third kappa shape index (κ3) is 10.2. The van der Waals surface area contributed by atoms with E-state index < -0.39 is 41.5 Å². The molecule has 4 heterocycles. The minimum atomic E-state index is -4.81. The van der Waals surface area contributed by atoms with Gasteiger partial charge in [-0.25, -0.2) is 14.6 Å². The first-order valence-electron chi connectivity index (χ1n) is 19.2. The third-order valence-electron chi connectivity index (χ3n) is 10.5. The molecule has 2 aliphatic heterocycles. The molecule has 2 amide bonds. The van der Waals surface area contributed by atoms with E-state index in [1.807, 2.05) is 35.2 Å². The summed E-state index contributed by atoms with van der Waals surface area (Å²) in [5, 5.41) is 0.558. The molecule has 12 nitrogen and oxygen atoms in total. The normalized spacial score (nSPS) is 15.8. The van der Waals surface area contributed by atoms with Crippen molar-refractivity contribution in [1.82, 2.24) is 19.8 Å². The molecule has 16 heteroatoms. The number of H-pyrrole nitrogens is 1. The predicted octanol–water partition coefficient (Wildman–Crippen LogP) is 7.19. The highest BCUT2D eigenvalue weighted by atomic mass is 35.5. The minimum absolute atomic E-state index is 0.0179. The summed E-state index contributed by atoms with van der Waals surface area (Å²) in [7, 11) is 0. The van der Waals surface area contributed by atoms with Crippen LogP contribution in [0.15, 0.2) is 65.6 Å². The largest absolute Gasteiger partial charge is 0.462 e. The number of unbranched alkanes of at least 4 members (excludes halogenated alkanes) is 3. The second-order valence-electron chi connectivity index (χ2n) is 14.4. The predicted molar refractivity (Wildman–Crippen MR) is 210 cm³/mol. The maximum atomic E-state index is 14.1. The van der Waals surface area contributed by atoms with E-state index in [4.69, 9.17) is 26.8 Å². The number of piperidine rings is 1. The van der Waals surface area contributed by atoms with Crippen molar-refractivity contribution in [1.29, 1.82) is 0 Å². The highest BCUT2D eigenvalue weighted by molar-refractivity contribution is 6.33. The number of nitrogens with one attached hydrogen (secondary N) is 1. The SMILES string of the molecule is CCCCCCOC(=O)c1ccc(N2CCN(C(=O)[C@@H](Cc3cc(Cl)c(N)c(C(F)(F)F)c3)OC(=O)N3CCC(c4cc5ccccc5[nH]c4=O)CC3)CC2)nc1. The van der Waals surface area contributed by atoms with Gasteiger partial charge in [-0.3, -0.25) is 9.59 Å². The second-order valence-corrected chi connectivity index (χ2v) is 14.8. The number of carbonyl (C=O) groups is 3. The lowest BCUT2D eigenvalue weighted by atomic mass is 9.89. The zero-order valence-electron chi connectivity index (χ0n) is 31.7. The van der Waals surface area contributed by atoms with Crippen molar-refractivity contribution in [3.05, 3.63) is 98.4 Å². The number of carbonyl (C=O) groups excluding carboxylic acids is 3. The number of ether oxygens (including phenoxy) is 2. The molecule has 0 aliphatic carbocycles. The van der Waals surface area contributed by atoms with Crippen molar-refractivity contribution >= 4 is 52.0 Å². The van der Waals surface area contributed by atoms with Crippen molar-refractivity contribution in [2.45, 2.75) is 70.1 Å². The van der Waals surface area contributed by atoms with Gasteiger partial charge in [-0.15, -0.1) is 0 Å². The number of aromatic amines is 1. The van der Waals surface area contributed by atoms with E-state index in [9.17, 15) is 32.3 Å². The fourth-order valence-corrected chi connectivity index (χ4v) is 7.53. The van der Waals surface area contributed by atoms with E-state index >= 15 is 0 Å². The number of halogens is 4. The zero-order valence-corrected chi connectivity index (χ0v) is 32.4. The van der Waals surface area contributed by atoms with Gasteiger partial charge in [0.25, 0.3) is 11.5 Å². The molecule has 1 atom stereocenters. The Hall–Kier alpha value is -5.31. The number of piperazine rings is 1. The molecule has 3 N–H and O–H groups in total. The highest BCUT2D eigenvalue weighted by Gasteiger charge is 2.37. The Morgan fingerprint density at radius 1 is 0.965 bits per heavy atom. The van der Waals surface area contributed by atoms with Gasteiger partial charge in [0.1, 0.15) is 5.82 Å². The van der Waals surface area contributed by atoms with Crippen LogP contribution in [0.2, 0.25) is 5.02 Å². The number of benzene rings is 2. The summed E-state index contributed by atoms with van der Waals surface area (Å²) < 4.78 is 52.8. The number of amides is 2. The van der Waals surface area contributed by atoms with Crippen LogP contribution in [-0.2, 0) is 26.9 Å². The Labute approximate surface area is 333 Å². The summed E-state index contributed by atoms with van der Waals surface area (Å²) in [6, 6.07) is 14.7. The topological polar surface area (TPSA) is 151 Å². The summed E-state index contributed by atoms with van der Waals surface area (Å²) in [5.74, 6) is -0.550. The fraction of sp³-hybridized carbons (Fsp3) is 0.439. The van der Waals surface area contributed by atoms with Crippen molar-refractivity contribution in [2.24, 2.45) is 0 Å². The molecule has 57 heavy (non-hydrogen) atoms. The van der Waals surface area contributed by atoms with Crippen LogP contribution in [0, 0.1) is 0 Å². The summed E-state index contributed by atoms with van der Waals surface area (Å²) in [5.41, 5.74) is 5.37. The minimum Gasteiger partial charge on any atom is -0.462 e. The molecule has 6 rings (SSSR count). The number of fused-ring (bicyclic) bond motifs is 1. The van der Waals surface area contributed by atoms with E-state index in [0.717, 1.165) is 42.7 Å². The molecule has 2 saturated heterocycles. The zero-order chi connectivity index (χ0) is 40.7. The number of anilines is 2. The van der Waals surface area contributed by atoms with Gasteiger partial charge in [0, 0.05) is 63.0 Å². The lowest BCUT2D eigenvalue weighted by Crippen LogP contribution is -2.53. The van der Waals surface area contributed by atoms with Crippen LogP contribution in [0.1, 0.15) is 78.4 Å². The fourth-order valence-electron chi connectivity index (χ4n) is 7.29. The Kier molecular flexibility index (Phi) is 13.3. The first-order chi connectivity index (χ1) is 27.3. The van der Waals surface area contributed by atoms with Crippen molar-refractivity contribution in [3.8, 4) is 0 Å². The number of hydrogen-bond donors (Lipinski definition) is 2. The molecular weight excluding hydrogens is 765 g/mol. The number of nitrogen functional groups attached to an aromatic ring is 1. The Balaban J connectivity index is 1.11. The number of likely N-dealkylation sites (tertiary alicyclic amines) is 1. The second kappa shape index (κ2) is 18.3. The summed E-state index contributed by atoms with van der Waals surface area (Å²) in [6.07, 6.45) is -1.13. The lowest BCUT2D eigenvalue weighted by Gasteiger charge is -2.37. The molecule has 2 aromatic carbocycles. The molecule has 304 valence electrons. The van der Waals surface area contributed by atoms with Crippen molar-refractivity contribution < 1.29 is 37.0 Å². The van der Waals surface area contributed by atoms with E-state index in [-0.39, 0.29) is 54.7 Å². The molecule has 0 unspecified atom stereocenters. The van der Waals surface area contributed by atoms with Gasteiger partial charge in [0.15, 0.2) is 6.10 Å². The average Bonchev–Trinajstić information content (AvgIpc) is 3.21. The monoisotopic (exact) mass is 810 g/mol. The summed E-state index contributed by atoms with van der Waals surface area (Å²) in [6.45, 7) is 4.05. The van der Waals surface area contributed by atoms with Crippen LogP contribution in [0.3, 0.4) is 0 Å². The first kappa shape index (κ1) is 41.3. The summed E-state index contributed by atoms with van der Waals surface area (Å²) in [4.78, 5) is 65.3. The van der Waals surface area contributed by atoms with Gasteiger partial charge < -0.3 is 34.9 Å². The number of pyridine rings is 2. The number of rotatable bonds is 12. The van der Waals surface area contributed by atoms with Gasteiger partial charge in [-0.2, -0.15) is 13.2 Å². The Bertz CT molecular complexity index is 2120. The van der Waals surface area contributed by atoms with E-state index in [1.54, 1.807) is 12.1 Å². The molecule has 0 radical (unpaired) electrons. The van der Waals surface area contributed by atoms with E-state index in [2.05, 4.69) is 16.9 Å². The molecular formula is C41H46ClF3N6O6. The molecule has 2 fully saturated rings. The van der Waals surface area contributed by atoms with E-state index in [0.29, 0.717) is 49.5 Å². The lowest BCUT2D eigenvalue weighted by molar-refractivity contribution is -0.141. The maximum absolute atomic E-state index is 14.1. The maximum Gasteiger partial charge on any atom is 0.418 e. The summed E-state index contributed by atoms with van der Waals surface area (Å²) >= 11 is 6.11. The van der Waals surface area contributed by atoms with Crippen LogP contribution < -0.4 is 16.2 Å². The number of esters is 1. The van der Waals surface area contributed by atoms with Crippen LogP contribution in [0.25, 0.3) is 10.9 Å². The first-order valence-corrected chi connectivity index (χ1v) is 19.6. The van der Waals surface area contributed by atoms with Crippen LogP contribution in [-0.4, -0.2) is 89.7 Å². The van der Waals surface area contributed by atoms with Gasteiger partial charge in [-0.05, 0) is 72.5 Å². The molecule has 2 aliphatic rings. The number of hydrogen-bond acceptors (Lipinski definition) is 9. The van der Waals surface area contributed by atoms with Crippen LogP contribution in [0.5, 0.6) is 0 Å². The molecule has 0 saturated carbocycles. The molecule has 4 aromatic rings. The quantitative estimate of drug-likeness (QED) is 0.0861. The number of nitrogens with zero attached hydrogens (tertiary/aromatic N) is 4. The number of alkyl halides is 3. The van der Waals surface area contributed by atoms with E-state index in [1.165, 1.54) is 22.1 Å². The van der Waals surface area contributed by atoms with Crippen molar-refractivity contribution in [3.63, 3.8) is 0 Å². The number of nitrogens with two attached hydrogens (primary N) is 1. The molecule has 2 aromatic heterocycles. The Morgan fingerprint density at radius 2 is 1.70 bits per heavy atom. The molecule has 0 spiro atoms. The average molecular weight is 811 g/mol. The van der Waals surface area contributed by atoms with Crippen LogP contribution >= 0.6 is 11.6 Å².